The lowest BCUT2D eigenvalue weighted by molar-refractivity contribution is 0.170. The average Bonchev–Trinajstić information content (AvgIpc) is 2.96. The second-order valence-corrected chi connectivity index (χ2v) is 5.91. The summed E-state index contributed by atoms with van der Waals surface area (Å²) in [7, 11) is 2.04. The van der Waals surface area contributed by atoms with Crippen molar-refractivity contribution in [2.45, 2.75) is 32.4 Å². The Kier molecular flexibility index (Phi) is 4.36. The van der Waals surface area contributed by atoms with E-state index in [2.05, 4.69) is 52.6 Å². The third-order valence-corrected chi connectivity index (χ3v) is 4.20. The number of hydrogen-bond donors (Lipinski definition) is 1. The smallest absolute Gasteiger partial charge is 0.151 e. The molecule has 3 rings (SSSR count). The summed E-state index contributed by atoms with van der Waals surface area (Å²) in [6.07, 6.45) is 2.50. The summed E-state index contributed by atoms with van der Waals surface area (Å²) < 4.78 is 5.51. The van der Waals surface area contributed by atoms with E-state index in [0.717, 1.165) is 36.7 Å². The zero-order valence-electron chi connectivity index (χ0n) is 12.8. The van der Waals surface area contributed by atoms with Crippen molar-refractivity contribution in [2.24, 2.45) is 0 Å². The highest BCUT2D eigenvalue weighted by Gasteiger charge is 2.19. The Morgan fingerprint density at radius 1 is 1.33 bits per heavy atom. The summed E-state index contributed by atoms with van der Waals surface area (Å²) in [6.45, 7) is 5.15. The van der Waals surface area contributed by atoms with Gasteiger partial charge < -0.3 is 9.84 Å². The summed E-state index contributed by atoms with van der Waals surface area (Å²) in [5.41, 5.74) is 3.29. The third-order valence-electron chi connectivity index (χ3n) is 4.20. The zero-order chi connectivity index (χ0) is 14.7. The number of likely N-dealkylation sites (tertiary alicyclic amines) is 1. The molecule has 21 heavy (non-hydrogen) atoms. The molecule has 0 radical (unpaired) electrons. The molecule has 1 aromatic carbocycles. The van der Waals surface area contributed by atoms with Crippen LogP contribution in [0.25, 0.3) is 11.3 Å². The Morgan fingerprint density at radius 2 is 2.14 bits per heavy atom. The van der Waals surface area contributed by atoms with Gasteiger partial charge in [-0.25, -0.2) is 0 Å². The Labute approximate surface area is 126 Å². The number of benzene rings is 1. The first-order chi connectivity index (χ1) is 10.2. The minimum Gasteiger partial charge on any atom is -0.359 e. The number of nitrogens with one attached hydrogen (secondary N) is 1. The number of likely N-dealkylation sites (N-methyl/N-ethyl adjacent to an activating group) is 1. The van der Waals surface area contributed by atoms with Gasteiger partial charge in [0.25, 0.3) is 0 Å². The largest absolute Gasteiger partial charge is 0.359 e. The molecular formula is C17H23N3O. The first-order valence-corrected chi connectivity index (χ1v) is 7.67. The van der Waals surface area contributed by atoms with Crippen LogP contribution in [-0.2, 0) is 6.54 Å². The number of piperidine rings is 1. The van der Waals surface area contributed by atoms with E-state index in [0.29, 0.717) is 6.04 Å². The minimum atomic E-state index is 0.596. The lowest BCUT2D eigenvalue weighted by atomic mass is 10.1. The summed E-state index contributed by atoms with van der Waals surface area (Å²) >= 11 is 0. The van der Waals surface area contributed by atoms with Gasteiger partial charge in [-0.05, 0) is 33.4 Å². The minimum absolute atomic E-state index is 0.596. The molecule has 1 N–H and O–H groups in total. The SMILES string of the molecule is CNC1CCCN(Cc2cc(-c3ccc(C)cc3)no2)C1. The second-order valence-electron chi connectivity index (χ2n) is 5.91. The topological polar surface area (TPSA) is 41.3 Å². The monoisotopic (exact) mass is 285 g/mol. The highest BCUT2D eigenvalue weighted by Crippen LogP contribution is 2.21. The molecule has 2 heterocycles. The second kappa shape index (κ2) is 6.41. The van der Waals surface area contributed by atoms with E-state index in [1.807, 2.05) is 7.05 Å². The van der Waals surface area contributed by atoms with Gasteiger partial charge in [0.05, 0.1) is 6.54 Å². The molecule has 0 bridgehead atoms. The van der Waals surface area contributed by atoms with E-state index in [1.165, 1.54) is 18.4 Å². The molecule has 1 saturated heterocycles. The van der Waals surface area contributed by atoms with Crippen LogP contribution in [0.15, 0.2) is 34.9 Å². The van der Waals surface area contributed by atoms with Gasteiger partial charge in [-0.15, -0.1) is 0 Å². The molecule has 0 aliphatic carbocycles. The quantitative estimate of drug-likeness (QED) is 0.938. The van der Waals surface area contributed by atoms with Crippen LogP contribution in [0.1, 0.15) is 24.2 Å². The van der Waals surface area contributed by atoms with E-state index >= 15 is 0 Å². The normalized spacial score (nSPS) is 19.8. The molecular weight excluding hydrogens is 262 g/mol. The van der Waals surface area contributed by atoms with E-state index < -0.39 is 0 Å². The molecule has 1 aliphatic rings. The lowest BCUT2D eigenvalue weighted by Crippen LogP contribution is -2.43. The maximum atomic E-state index is 5.51. The predicted molar refractivity (Wildman–Crippen MR) is 84.0 cm³/mol. The van der Waals surface area contributed by atoms with Gasteiger partial charge in [-0.1, -0.05) is 35.0 Å². The standard InChI is InChI=1S/C17H23N3O/c1-13-5-7-14(8-6-13)17-10-16(21-19-17)12-20-9-3-4-15(11-20)18-2/h5-8,10,15,18H,3-4,9,11-12H2,1-2H3. The summed E-state index contributed by atoms with van der Waals surface area (Å²) in [4.78, 5) is 2.43. The van der Waals surface area contributed by atoms with Crippen LogP contribution in [0.5, 0.6) is 0 Å². The molecule has 1 unspecified atom stereocenters. The third kappa shape index (κ3) is 3.52. The molecule has 1 atom stereocenters. The van der Waals surface area contributed by atoms with Gasteiger partial charge in [0.2, 0.25) is 0 Å². The number of nitrogens with zero attached hydrogens (tertiary/aromatic N) is 2. The van der Waals surface area contributed by atoms with Gasteiger partial charge in [-0.3, -0.25) is 4.90 Å². The maximum absolute atomic E-state index is 5.51. The van der Waals surface area contributed by atoms with Gasteiger partial charge in [0.15, 0.2) is 5.76 Å². The molecule has 4 nitrogen and oxygen atoms in total. The molecule has 1 fully saturated rings. The maximum Gasteiger partial charge on any atom is 0.151 e. The molecule has 1 aliphatic heterocycles. The number of aryl methyl sites for hydroxylation is 1. The van der Waals surface area contributed by atoms with Crippen molar-refractivity contribution in [3.63, 3.8) is 0 Å². The van der Waals surface area contributed by atoms with Crippen LogP contribution in [0, 0.1) is 6.92 Å². The summed E-state index contributed by atoms with van der Waals surface area (Å²) in [5.74, 6) is 0.947. The van der Waals surface area contributed by atoms with Crippen LogP contribution < -0.4 is 5.32 Å². The van der Waals surface area contributed by atoms with Crippen LogP contribution in [0.2, 0.25) is 0 Å². The average molecular weight is 285 g/mol. The van der Waals surface area contributed by atoms with E-state index in [9.17, 15) is 0 Å². The summed E-state index contributed by atoms with van der Waals surface area (Å²) in [5, 5.41) is 7.57. The zero-order valence-corrected chi connectivity index (χ0v) is 12.8. The van der Waals surface area contributed by atoms with Crippen molar-refractivity contribution in [3.05, 3.63) is 41.7 Å². The molecule has 4 heteroatoms. The van der Waals surface area contributed by atoms with Crippen LogP contribution in [-0.4, -0.2) is 36.2 Å². The van der Waals surface area contributed by atoms with Gasteiger partial charge in [0, 0.05) is 24.2 Å². The molecule has 0 saturated carbocycles. The lowest BCUT2D eigenvalue weighted by Gasteiger charge is -2.31. The van der Waals surface area contributed by atoms with Crippen LogP contribution in [0.3, 0.4) is 0 Å². The van der Waals surface area contributed by atoms with Crippen molar-refractivity contribution in [1.29, 1.82) is 0 Å². The molecule has 2 aromatic rings. The Bertz CT molecular complexity index is 576. The van der Waals surface area contributed by atoms with Gasteiger partial charge >= 0.3 is 0 Å². The van der Waals surface area contributed by atoms with Crippen LogP contribution >= 0.6 is 0 Å². The predicted octanol–water partition coefficient (Wildman–Crippen LogP) is 2.83. The van der Waals surface area contributed by atoms with Crippen LogP contribution in [0.4, 0.5) is 0 Å². The number of hydrogen-bond acceptors (Lipinski definition) is 4. The first kappa shape index (κ1) is 14.3. The highest BCUT2D eigenvalue weighted by atomic mass is 16.5. The van der Waals surface area contributed by atoms with Gasteiger partial charge in [-0.2, -0.15) is 0 Å². The number of aromatic nitrogens is 1. The van der Waals surface area contributed by atoms with Crippen molar-refractivity contribution in [1.82, 2.24) is 15.4 Å². The fourth-order valence-corrected chi connectivity index (χ4v) is 2.90. The highest BCUT2D eigenvalue weighted by molar-refractivity contribution is 5.59. The van der Waals surface area contributed by atoms with E-state index in [1.54, 1.807) is 0 Å². The van der Waals surface area contributed by atoms with Crippen molar-refractivity contribution < 1.29 is 4.52 Å². The van der Waals surface area contributed by atoms with Crippen molar-refractivity contribution in [3.8, 4) is 11.3 Å². The van der Waals surface area contributed by atoms with E-state index in [4.69, 9.17) is 4.52 Å². The fraction of sp³-hybridized carbons (Fsp3) is 0.471. The van der Waals surface area contributed by atoms with Gasteiger partial charge in [0.1, 0.15) is 5.69 Å². The fourth-order valence-electron chi connectivity index (χ4n) is 2.90. The number of rotatable bonds is 4. The molecule has 0 amide bonds. The Balaban J connectivity index is 1.66. The molecule has 1 aromatic heterocycles. The first-order valence-electron chi connectivity index (χ1n) is 7.67. The summed E-state index contributed by atoms with van der Waals surface area (Å²) in [6, 6.07) is 11.0. The van der Waals surface area contributed by atoms with E-state index in [-0.39, 0.29) is 0 Å². The Hall–Kier alpha value is -1.65. The van der Waals surface area contributed by atoms with Crippen molar-refractivity contribution in [2.75, 3.05) is 20.1 Å². The molecule has 112 valence electrons. The van der Waals surface area contributed by atoms with Crippen molar-refractivity contribution >= 4 is 0 Å². The molecule has 0 spiro atoms. The Morgan fingerprint density at radius 3 is 2.90 bits per heavy atom.